The van der Waals surface area contributed by atoms with Gasteiger partial charge >= 0.3 is 0 Å². The second-order valence-corrected chi connectivity index (χ2v) is 6.89. The van der Waals surface area contributed by atoms with Crippen molar-refractivity contribution in [3.05, 3.63) is 57.2 Å². The largest absolute Gasteiger partial charge is 0.295 e. The van der Waals surface area contributed by atoms with Gasteiger partial charge in [0.2, 0.25) is 0 Å². The molecule has 0 saturated carbocycles. The van der Waals surface area contributed by atoms with Crippen molar-refractivity contribution in [1.82, 2.24) is 9.55 Å². The summed E-state index contributed by atoms with van der Waals surface area (Å²) in [5.41, 5.74) is 3.08. The minimum absolute atomic E-state index is 0.247. The number of imidazole rings is 1. The van der Waals surface area contributed by atoms with E-state index >= 15 is 0 Å². The molecule has 0 aliphatic carbocycles. The van der Waals surface area contributed by atoms with Gasteiger partial charge in [-0.05, 0) is 66.3 Å². The third-order valence-electron chi connectivity index (χ3n) is 3.38. The minimum Gasteiger partial charge on any atom is -0.295 e. The average molecular weight is 415 g/mol. The molecule has 1 heterocycles. The van der Waals surface area contributed by atoms with E-state index in [1.54, 1.807) is 6.92 Å². The molecule has 0 spiro atoms. The second kappa shape index (κ2) is 5.57. The first-order chi connectivity index (χ1) is 9.97. The third-order valence-corrected chi connectivity index (χ3v) is 4.25. The number of rotatable bonds is 2. The third kappa shape index (κ3) is 2.66. The maximum atomic E-state index is 13.8. The second-order valence-electron chi connectivity index (χ2n) is 4.99. The molecule has 2 aromatic carbocycles. The van der Waals surface area contributed by atoms with Gasteiger partial charge in [0, 0.05) is 15.3 Å². The van der Waals surface area contributed by atoms with Crippen molar-refractivity contribution < 1.29 is 4.39 Å². The van der Waals surface area contributed by atoms with E-state index in [2.05, 4.69) is 33.6 Å². The smallest absolute Gasteiger partial charge is 0.132 e. The molecule has 0 bridgehead atoms. The fourth-order valence-electron chi connectivity index (χ4n) is 2.37. The van der Waals surface area contributed by atoms with E-state index in [1.807, 2.05) is 35.8 Å². The number of aryl methyl sites for hydroxylation is 1. The summed E-state index contributed by atoms with van der Waals surface area (Å²) >= 11 is 8.54. The lowest BCUT2D eigenvalue weighted by molar-refractivity contribution is 0.620. The first kappa shape index (κ1) is 14.8. The van der Waals surface area contributed by atoms with Crippen molar-refractivity contribution in [2.75, 3.05) is 0 Å². The summed E-state index contributed by atoms with van der Waals surface area (Å²) in [4.78, 5) is 4.51. The quantitative estimate of drug-likeness (QED) is 0.407. The van der Waals surface area contributed by atoms with Crippen LogP contribution in [0.15, 0.2) is 36.4 Å². The fourth-order valence-corrected chi connectivity index (χ4v) is 3.05. The molecule has 5 heteroatoms. The van der Waals surface area contributed by atoms with Gasteiger partial charge in [-0.15, -0.1) is 11.6 Å². The summed E-state index contributed by atoms with van der Waals surface area (Å²) in [5.74, 6) is 0.474. The summed E-state index contributed by atoms with van der Waals surface area (Å²) < 4.78 is 16.9. The molecule has 21 heavy (non-hydrogen) atoms. The summed E-state index contributed by atoms with van der Waals surface area (Å²) in [7, 11) is 0. The van der Waals surface area contributed by atoms with E-state index in [4.69, 9.17) is 11.6 Å². The van der Waals surface area contributed by atoms with E-state index in [1.165, 1.54) is 6.07 Å². The van der Waals surface area contributed by atoms with E-state index in [-0.39, 0.29) is 11.2 Å². The highest BCUT2D eigenvalue weighted by Crippen LogP contribution is 2.30. The van der Waals surface area contributed by atoms with Gasteiger partial charge in [0.05, 0.1) is 16.4 Å². The Morgan fingerprint density at radius 1 is 1.29 bits per heavy atom. The standard InChI is InChI=1S/C16H13ClFIN2/c1-9-6-15-14(8-13(9)18)20-16(10(2)17)21(15)12-5-3-4-11(19)7-12/h3-8,10H,1-2H3. The molecular formula is C16H13ClFIN2. The maximum Gasteiger partial charge on any atom is 0.132 e. The highest BCUT2D eigenvalue weighted by atomic mass is 127. The van der Waals surface area contributed by atoms with Crippen LogP contribution in [0.5, 0.6) is 0 Å². The van der Waals surface area contributed by atoms with Gasteiger partial charge in [-0.2, -0.15) is 0 Å². The SMILES string of the molecule is Cc1cc2c(cc1F)nc(C(C)Cl)n2-c1cccc(I)c1. The minimum atomic E-state index is -0.265. The Labute approximate surface area is 141 Å². The number of halogens is 3. The lowest BCUT2D eigenvalue weighted by atomic mass is 10.2. The van der Waals surface area contributed by atoms with Crippen LogP contribution >= 0.6 is 34.2 Å². The van der Waals surface area contributed by atoms with Gasteiger partial charge in [0.25, 0.3) is 0 Å². The zero-order valence-electron chi connectivity index (χ0n) is 11.6. The van der Waals surface area contributed by atoms with Gasteiger partial charge in [0.1, 0.15) is 11.6 Å². The molecule has 3 rings (SSSR count). The molecule has 0 aliphatic rings. The maximum absolute atomic E-state index is 13.8. The van der Waals surface area contributed by atoms with Crippen LogP contribution in [-0.2, 0) is 0 Å². The molecule has 0 N–H and O–H groups in total. The molecule has 1 unspecified atom stereocenters. The van der Waals surface area contributed by atoms with Crippen molar-refractivity contribution in [2.45, 2.75) is 19.2 Å². The molecule has 0 fully saturated rings. The molecule has 0 saturated heterocycles. The van der Waals surface area contributed by atoms with Gasteiger partial charge < -0.3 is 0 Å². The first-order valence-electron chi connectivity index (χ1n) is 6.56. The van der Waals surface area contributed by atoms with E-state index in [0.29, 0.717) is 11.1 Å². The van der Waals surface area contributed by atoms with Crippen molar-refractivity contribution in [3.8, 4) is 5.69 Å². The van der Waals surface area contributed by atoms with Gasteiger partial charge in [0.15, 0.2) is 0 Å². The molecule has 2 nitrogen and oxygen atoms in total. The van der Waals surface area contributed by atoms with Gasteiger partial charge in [-0.1, -0.05) is 6.07 Å². The van der Waals surface area contributed by atoms with Crippen LogP contribution in [0.25, 0.3) is 16.7 Å². The van der Waals surface area contributed by atoms with E-state index < -0.39 is 0 Å². The zero-order chi connectivity index (χ0) is 15.1. The van der Waals surface area contributed by atoms with Crippen LogP contribution in [0.3, 0.4) is 0 Å². The number of fused-ring (bicyclic) bond motifs is 1. The van der Waals surface area contributed by atoms with Crippen molar-refractivity contribution >= 4 is 45.2 Å². The van der Waals surface area contributed by atoms with Crippen LogP contribution in [0, 0.1) is 16.3 Å². The van der Waals surface area contributed by atoms with Gasteiger partial charge in [-0.3, -0.25) is 4.57 Å². The molecule has 108 valence electrons. The summed E-state index contributed by atoms with van der Waals surface area (Å²) in [6.07, 6.45) is 0. The topological polar surface area (TPSA) is 17.8 Å². The summed E-state index contributed by atoms with van der Waals surface area (Å²) in [5, 5.41) is -0.265. The lowest BCUT2D eigenvalue weighted by Gasteiger charge is -2.11. The molecule has 0 aliphatic heterocycles. The number of aromatic nitrogens is 2. The highest BCUT2D eigenvalue weighted by molar-refractivity contribution is 14.1. The Hall–Kier alpha value is -1.14. The number of hydrogen-bond acceptors (Lipinski definition) is 1. The Morgan fingerprint density at radius 2 is 2.05 bits per heavy atom. The molecule has 0 amide bonds. The molecule has 0 radical (unpaired) electrons. The Kier molecular flexibility index (Phi) is 3.92. The normalized spacial score (nSPS) is 12.8. The fraction of sp³-hybridized carbons (Fsp3) is 0.188. The van der Waals surface area contributed by atoms with E-state index in [9.17, 15) is 4.39 Å². The van der Waals surface area contributed by atoms with Gasteiger partial charge in [-0.25, -0.2) is 9.37 Å². The van der Waals surface area contributed by atoms with Crippen molar-refractivity contribution in [2.24, 2.45) is 0 Å². The highest BCUT2D eigenvalue weighted by Gasteiger charge is 2.17. The molecular weight excluding hydrogens is 402 g/mol. The average Bonchev–Trinajstić information content (AvgIpc) is 2.78. The number of alkyl halides is 1. The number of hydrogen-bond donors (Lipinski definition) is 0. The molecule has 1 aromatic heterocycles. The van der Waals surface area contributed by atoms with Crippen molar-refractivity contribution in [3.63, 3.8) is 0 Å². The number of nitrogens with zero attached hydrogens (tertiary/aromatic N) is 2. The predicted molar refractivity (Wildman–Crippen MR) is 92.8 cm³/mol. The lowest BCUT2D eigenvalue weighted by Crippen LogP contribution is -2.02. The predicted octanol–water partition coefficient (Wildman–Crippen LogP) is 5.38. The van der Waals surface area contributed by atoms with Crippen LogP contribution < -0.4 is 0 Å². The molecule has 1 atom stereocenters. The Bertz CT molecular complexity index is 827. The van der Waals surface area contributed by atoms with Crippen LogP contribution in [-0.4, -0.2) is 9.55 Å². The summed E-state index contributed by atoms with van der Waals surface area (Å²) in [6, 6.07) is 11.4. The Balaban J connectivity index is 2.38. The van der Waals surface area contributed by atoms with E-state index in [0.717, 1.165) is 20.6 Å². The first-order valence-corrected chi connectivity index (χ1v) is 8.07. The molecule has 3 aromatic rings. The van der Waals surface area contributed by atoms with Crippen LogP contribution in [0.1, 0.15) is 23.7 Å². The summed E-state index contributed by atoms with van der Waals surface area (Å²) in [6.45, 7) is 3.63. The monoisotopic (exact) mass is 414 g/mol. The van der Waals surface area contributed by atoms with Crippen LogP contribution in [0.2, 0.25) is 0 Å². The number of benzene rings is 2. The zero-order valence-corrected chi connectivity index (χ0v) is 14.5. The Morgan fingerprint density at radius 3 is 2.71 bits per heavy atom. The van der Waals surface area contributed by atoms with Crippen LogP contribution in [0.4, 0.5) is 4.39 Å². The van der Waals surface area contributed by atoms with Crippen molar-refractivity contribution in [1.29, 1.82) is 0 Å².